The number of carbonyl (C=O) groups is 2. The van der Waals surface area contributed by atoms with E-state index in [1.54, 1.807) is 76.2 Å². The maximum Gasteiger partial charge on any atom is 0.350 e. The minimum atomic E-state index is -1.15. The average molecular weight is 495 g/mol. The van der Waals surface area contributed by atoms with Gasteiger partial charge in [0.2, 0.25) is 0 Å². The van der Waals surface area contributed by atoms with Gasteiger partial charge in [0.1, 0.15) is 11.5 Å². The highest BCUT2D eigenvalue weighted by atomic mass is 16.6. The predicted octanol–water partition coefficient (Wildman–Crippen LogP) is 7.07. The Morgan fingerprint density at radius 1 is 0.703 bits per heavy atom. The Kier molecular flexibility index (Phi) is 7.44. The van der Waals surface area contributed by atoms with Gasteiger partial charge in [-0.05, 0) is 74.7 Å². The Morgan fingerprint density at radius 3 is 1.78 bits per heavy atom. The van der Waals surface area contributed by atoms with E-state index in [2.05, 4.69) is 0 Å². The van der Waals surface area contributed by atoms with Crippen LogP contribution in [0.5, 0.6) is 11.5 Å². The molecule has 37 heavy (non-hydrogen) atoms. The van der Waals surface area contributed by atoms with Crippen LogP contribution in [0.4, 0.5) is 0 Å². The van der Waals surface area contributed by atoms with Crippen LogP contribution in [0.2, 0.25) is 0 Å². The molecule has 188 valence electrons. The molecule has 0 aromatic heterocycles. The summed E-state index contributed by atoms with van der Waals surface area (Å²) in [6, 6.07) is 29.2. The van der Waals surface area contributed by atoms with Gasteiger partial charge in [-0.25, -0.2) is 4.79 Å². The molecule has 4 aromatic rings. The Morgan fingerprint density at radius 2 is 1.22 bits per heavy atom. The van der Waals surface area contributed by atoms with Crippen molar-refractivity contribution < 1.29 is 24.2 Å². The molecule has 0 aliphatic carbocycles. The topological polar surface area (TPSA) is 72.8 Å². The first kappa shape index (κ1) is 25.7. The molecule has 5 heteroatoms. The van der Waals surface area contributed by atoms with E-state index in [1.807, 2.05) is 48.5 Å². The van der Waals surface area contributed by atoms with Crippen molar-refractivity contribution in [1.82, 2.24) is 0 Å². The Labute approximate surface area is 217 Å². The van der Waals surface area contributed by atoms with Gasteiger partial charge in [0.25, 0.3) is 0 Å². The van der Waals surface area contributed by atoms with Crippen molar-refractivity contribution in [2.45, 2.75) is 39.4 Å². The van der Waals surface area contributed by atoms with Crippen LogP contribution in [0.1, 0.15) is 43.6 Å². The molecule has 0 saturated carbocycles. The Hall–Kier alpha value is -4.38. The lowest BCUT2D eigenvalue weighted by Gasteiger charge is -2.25. The summed E-state index contributed by atoms with van der Waals surface area (Å²) in [6.07, 6.45) is -0.235. The van der Waals surface area contributed by atoms with Gasteiger partial charge < -0.3 is 14.6 Å². The van der Waals surface area contributed by atoms with Gasteiger partial charge in [0, 0.05) is 16.7 Å². The standard InChI is InChI=1S/C32H30O5/c1-21(2)36-31(35)32(3,4)37-25-19-17-24(18-20-25)30(34)23-15-13-22(14-16-23)26-9-5-6-10-27(26)28-11-7-8-12-29(28)33/h5-21,33H,1-4H3. The number of phenolic OH excluding ortho intramolecular Hbond substituents is 1. The van der Waals surface area contributed by atoms with Crippen molar-refractivity contribution in [3.05, 3.63) is 108 Å². The number of benzene rings is 4. The fourth-order valence-corrected chi connectivity index (χ4v) is 4.01. The zero-order chi connectivity index (χ0) is 26.6. The Balaban J connectivity index is 1.51. The molecule has 0 spiro atoms. The third kappa shape index (κ3) is 5.89. The molecule has 0 amide bonds. The molecule has 0 aliphatic heterocycles. The number of para-hydroxylation sites is 1. The van der Waals surface area contributed by atoms with E-state index in [4.69, 9.17) is 9.47 Å². The quantitative estimate of drug-likeness (QED) is 0.210. The summed E-state index contributed by atoms with van der Waals surface area (Å²) in [5.41, 5.74) is 3.48. The van der Waals surface area contributed by atoms with Crippen LogP contribution in [0, 0.1) is 0 Å². The van der Waals surface area contributed by atoms with E-state index in [1.165, 1.54) is 0 Å². The number of ether oxygens (including phenoxy) is 2. The van der Waals surface area contributed by atoms with Gasteiger partial charge in [-0.3, -0.25) is 4.79 Å². The lowest BCUT2D eigenvalue weighted by atomic mass is 9.93. The highest BCUT2D eigenvalue weighted by Crippen LogP contribution is 2.36. The molecular formula is C32H30O5. The van der Waals surface area contributed by atoms with Crippen LogP contribution in [0.3, 0.4) is 0 Å². The number of esters is 1. The maximum absolute atomic E-state index is 13.1. The molecule has 1 N–H and O–H groups in total. The van der Waals surface area contributed by atoms with Crippen molar-refractivity contribution in [3.8, 4) is 33.8 Å². The summed E-state index contributed by atoms with van der Waals surface area (Å²) >= 11 is 0. The molecule has 0 atom stereocenters. The minimum absolute atomic E-state index is 0.120. The second kappa shape index (κ2) is 10.7. The molecule has 0 saturated heterocycles. The average Bonchev–Trinajstić information content (AvgIpc) is 2.88. The summed E-state index contributed by atoms with van der Waals surface area (Å²) in [4.78, 5) is 25.4. The highest BCUT2D eigenvalue weighted by molar-refractivity contribution is 6.09. The van der Waals surface area contributed by atoms with Crippen molar-refractivity contribution in [3.63, 3.8) is 0 Å². The second-order valence-corrected chi connectivity index (χ2v) is 9.56. The fraction of sp³-hybridized carbons (Fsp3) is 0.188. The van der Waals surface area contributed by atoms with Crippen LogP contribution in [-0.4, -0.2) is 28.6 Å². The van der Waals surface area contributed by atoms with Gasteiger partial charge in [-0.2, -0.15) is 0 Å². The van der Waals surface area contributed by atoms with Gasteiger partial charge in [-0.15, -0.1) is 0 Å². The second-order valence-electron chi connectivity index (χ2n) is 9.56. The lowest BCUT2D eigenvalue weighted by Crippen LogP contribution is -2.40. The van der Waals surface area contributed by atoms with E-state index in [9.17, 15) is 14.7 Å². The van der Waals surface area contributed by atoms with Crippen LogP contribution >= 0.6 is 0 Å². The molecule has 4 aromatic carbocycles. The highest BCUT2D eigenvalue weighted by Gasteiger charge is 2.32. The normalized spacial score (nSPS) is 11.3. The molecule has 0 unspecified atom stereocenters. The van der Waals surface area contributed by atoms with Gasteiger partial charge in [0.05, 0.1) is 6.10 Å². The number of ketones is 1. The summed E-state index contributed by atoms with van der Waals surface area (Å²) in [6.45, 7) is 6.87. The monoisotopic (exact) mass is 494 g/mol. The number of hydrogen-bond donors (Lipinski definition) is 1. The van der Waals surface area contributed by atoms with Crippen molar-refractivity contribution in [1.29, 1.82) is 0 Å². The van der Waals surface area contributed by atoms with E-state index in [0.717, 1.165) is 22.3 Å². The van der Waals surface area contributed by atoms with Crippen LogP contribution in [-0.2, 0) is 9.53 Å². The van der Waals surface area contributed by atoms with Gasteiger partial charge in [-0.1, -0.05) is 66.7 Å². The first-order chi connectivity index (χ1) is 17.7. The third-order valence-corrected chi connectivity index (χ3v) is 5.90. The smallest absolute Gasteiger partial charge is 0.350 e. The minimum Gasteiger partial charge on any atom is -0.507 e. The number of aromatic hydroxyl groups is 1. The van der Waals surface area contributed by atoms with Crippen LogP contribution in [0.25, 0.3) is 22.3 Å². The van der Waals surface area contributed by atoms with Gasteiger partial charge >= 0.3 is 5.97 Å². The van der Waals surface area contributed by atoms with E-state index in [0.29, 0.717) is 16.9 Å². The number of phenols is 1. The molecule has 5 nitrogen and oxygen atoms in total. The van der Waals surface area contributed by atoms with Crippen molar-refractivity contribution in [2.75, 3.05) is 0 Å². The van der Waals surface area contributed by atoms with Crippen LogP contribution in [0.15, 0.2) is 97.1 Å². The maximum atomic E-state index is 13.1. The fourth-order valence-electron chi connectivity index (χ4n) is 4.01. The SMILES string of the molecule is CC(C)OC(=O)C(C)(C)Oc1ccc(C(=O)c2ccc(-c3ccccc3-c3ccccc3O)cc2)cc1. The molecule has 0 heterocycles. The van der Waals surface area contributed by atoms with E-state index in [-0.39, 0.29) is 17.6 Å². The predicted molar refractivity (Wildman–Crippen MR) is 145 cm³/mol. The summed E-state index contributed by atoms with van der Waals surface area (Å²) < 4.78 is 11.1. The van der Waals surface area contributed by atoms with Gasteiger partial charge in [0.15, 0.2) is 11.4 Å². The zero-order valence-corrected chi connectivity index (χ0v) is 21.4. The molecule has 0 radical (unpaired) electrons. The summed E-state index contributed by atoms with van der Waals surface area (Å²) in [5.74, 6) is 0.116. The first-order valence-corrected chi connectivity index (χ1v) is 12.2. The molecular weight excluding hydrogens is 464 g/mol. The summed E-state index contributed by atoms with van der Waals surface area (Å²) in [5, 5.41) is 10.3. The number of rotatable bonds is 8. The zero-order valence-electron chi connectivity index (χ0n) is 21.4. The van der Waals surface area contributed by atoms with E-state index >= 15 is 0 Å². The largest absolute Gasteiger partial charge is 0.507 e. The van der Waals surface area contributed by atoms with Crippen molar-refractivity contribution in [2.24, 2.45) is 0 Å². The van der Waals surface area contributed by atoms with Crippen LogP contribution < -0.4 is 4.74 Å². The lowest BCUT2D eigenvalue weighted by molar-refractivity contribution is -0.163. The molecule has 0 aliphatic rings. The van der Waals surface area contributed by atoms with E-state index < -0.39 is 11.6 Å². The number of carbonyl (C=O) groups excluding carboxylic acids is 2. The number of hydrogen-bond acceptors (Lipinski definition) is 5. The van der Waals surface area contributed by atoms with Crippen molar-refractivity contribution >= 4 is 11.8 Å². The summed E-state index contributed by atoms with van der Waals surface area (Å²) in [7, 11) is 0. The molecule has 0 bridgehead atoms. The third-order valence-electron chi connectivity index (χ3n) is 5.90. The Bertz CT molecular complexity index is 1400. The first-order valence-electron chi connectivity index (χ1n) is 12.2. The molecule has 4 rings (SSSR count). The molecule has 0 fully saturated rings.